The molecule has 0 atom stereocenters. The van der Waals surface area contributed by atoms with Crippen molar-refractivity contribution >= 4 is 28.5 Å². The zero-order valence-electron chi connectivity index (χ0n) is 14.0. The molecule has 0 aliphatic carbocycles. The molecule has 0 amide bonds. The molecule has 0 unspecified atom stereocenters. The summed E-state index contributed by atoms with van der Waals surface area (Å²) < 4.78 is 1.66. The smallest absolute Gasteiger partial charge is 0.166 e. The van der Waals surface area contributed by atoms with Crippen LogP contribution in [0.5, 0.6) is 0 Å². The van der Waals surface area contributed by atoms with Crippen LogP contribution in [0.3, 0.4) is 0 Å². The maximum Gasteiger partial charge on any atom is 0.166 e. The van der Waals surface area contributed by atoms with Crippen LogP contribution < -0.4 is 5.73 Å². The Balaban J connectivity index is 0.000000258. The molecule has 4 rings (SSSR count). The number of ketones is 1. The highest BCUT2D eigenvalue weighted by Gasteiger charge is 2.12. The number of nitrogen functional groups attached to an aromatic ring is 1. The number of anilines is 1. The Morgan fingerprint density at radius 1 is 1.20 bits per heavy atom. The number of fused-ring (bicyclic) bond motifs is 1. The molecule has 5 nitrogen and oxygen atoms in total. The van der Waals surface area contributed by atoms with Gasteiger partial charge in [-0.3, -0.25) is 4.79 Å². The molecule has 25 heavy (non-hydrogen) atoms. The fourth-order valence-corrected chi connectivity index (χ4v) is 2.95. The van der Waals surface area contributed by atoms with Gasteiger partial charge in [0.1, 0.15) is 0 Å². The molecule has 0 aliphatic rings. The number of nitrogens with zero attached hydrogens (tertiary/aromatic N) is 3. The summed E-state index contributed by atoms with van der Waals surface area (Å²) in [6, 6.07) is 13.5. The molecular weight excluding hydrogens is 332 g/mol. The molecule has 4 aromatic rings. The zero-order chi connectivity index (χ0) is 17.8. The fraction of sp³-hybridized carbons (Fsp3) is 0.105. The first kappa shape index (κ1) is 16.9. The Morgan fingerprint density at radius 3 is 2.64 bits per heavy atom. The number of nitrogens with two attached hydrogens (primary N) is 1. The van der Waals surface area contributed by atoms with Crippen LogP contribution in [0.4, 0.5) is 5.69 Å². The van der Waals surface area contributed by atoms with Crippen LogP contribution >= 0.6 is 11.3 Å². The van der Waals surface area contributed by atoms with E-state index in [4.69, 9.17) is 5.73 Å². The second-order valence-electron chi connectivity index (χ2n) is 5.53. The van der Waals surface area contributed by atoms with E-state index < -0.39 is 0 Å². The third kappa shape index (κ3) is 3.75. The van der Waals surface area contributed by atoms with Gasteiger partial charge in [-0.2, -0.15) is 5.10 Å². The van der Waals surface area contributed by atoms with Crippen LogP contribution in [0.2, 0.25) is 0 Å². The normalized spacial score (nSPS) is 10.3. The number of aromatic nitrogens is 3. The van der Waals surface area contributed by atoms with E-state index in [0.29, 0.717) is 16.9 Å². The highest BCUT2D eigenvalue weighted by Crippen LogP contribution is 2.22. The lowest BCUT2D eigenvalue weighted by atomic mass is 10.1. The van der Waals surface area contributed by atoms with Gasteiger partial charge >= 0.3 is 0 Å². The number of benzene rings is 1. The van der Waals surface area contributed by atoms with E-state index in [1.165, 1.54) is 11.8 Å². The molecule has 0 spiro atoms. The van der Waals surface area contributed by atoms with Crippen molar-refractivity contribution in [3.8, 4) is 11.3 Å². The first-order chi connectivity index (χ1) is 12.1. The topological polar surface area (TPSA) is 73.3 Å². The molecule has 0 saturated carbocycles. The number of aryl methyl sites for hydroxylation is 1. The summed E-state index contributed by atoms with van der Waals surface area (Å²) in [5, 5.41) is 6.32. The lowest BCUT2D eigenvalue weighted by Gasteiger charge is -2.05. The second-order valence-corrected chi connectivity index (χ2v) is 6.68. The van der Waals surface area contributed by atoms with E-state index in [2.05, 4.69) is 34.5 Å². The van der Waals surface area contributed by atoms with Crippen LogP contribution in [0, 0.1) is 6.92 Å². The molecule has 6 heteroatoms. The van der Waals surface area contributed by atoms with Crippen LogP contribution in [-0.4, -0.2) is 20.4 Å². The Labute approximate surface area is 149 Å². The largest absolute Gasteiger partial charge is 0.399 e. The first-order valence-corrected chi connectivity index (χ1v) is 8.64. The monoisotopic (exact) mass is 350 g/mol. The number of Topliss-reactive ketones (excluding diaryl/α,β-unsaturated/α-hetero) is 1. The number of hydrogen-bond donors (Lipinski definition) is 1. The molecule has 0 radical (unpaired) electrons. The van der Waals surface area contributed by atoms with Crippen molar-refractivity contribution < 1.29 is 4.79 Å². The predicted molar refractivity (Wildman–Crippen MR) is 102 cm³/mol. The van der Waals surface area contributed by atoms with E-state index in [1.807, 2.05) is 30.3 Å². The van der Waals surface area contributed by atoms with Gasteiger partial charge in [0, 0.05) is 22.3 Å². The molecule has 3 aromatic heterocycles. The molecular formula is C19H18N4OS. The molecule has 3 heterocycles. The van der Waals surface area contributed by atoms with Gasteiger partial charge in [0.05, 0.1) is 17.5 Å². The van der Waals surface area contributed by atoms with Crippen LogP contribution in [0.25, 0.3) is 16.9 Å². The summed E-state index contributed by atoms with van der Waals surface area (Å²) in [6.45, 7) is 3.61. The number of hydrogen-bond acceptors (Lipinski definition) is 5. The number of thiophene rings is 1. The lowest BCUT2D eigenvalue weighted by molar-refractivity contribution is 0.101. The minimum absolute atomic E-state index is 0.0489. The maximum absolute atomic E-state index is 11.5. The van der Waals surface area contributed by atoms with Gasteiger partial charge in [-0.05, 0) is 43.5 Å². The van der Waals surface area contributed by atoms with Gasteiger partial charge in [-0.15, -0.1) is 11.3 Å². The van der Waals surface area contributed by atoms with Crippen LogP contribution in [0.1, 0.15) is 22.2 Å². The lowest BCUT2D eigenvalue weighted by Crippen LogP contribution is -1.98. The predicted octanol–water partition coefficient (Wildman–Crippen LogP) is 4.24. The molecule has 2 N–H and O–H groups in total. The molecule has 126 valence electrons. The van der Waals surface area contributed by atoms with E-state index in [9.17, 15) is 4.79 Å². The van der Waals surface area contributed by atoms with E-state index in [0.717, 1.165) is 11.3 Å². The summed E-state index contributed by atoms with van der Waals surface area (Å²) in [6.07, 6.45) is 3.21. The summed E-state index contributed by atoms with van der Waals surface area (Å²) in [7, 11) is 0. The zero-order valence-corrected chi connectivity index (χ0v) is 14.8. The quantitative estimate of drug-likeness (QED) is 0.433. The van der Waals surface area contributed by atoms with Gasteiger partial charge in [-0.1, -0.05) is 18.2 Å². The summed E-state index contributed by atoms with van der Waals surface area (Å²) in [4.78, 5) is 17.1. The van der Waals surface area contributed by atoms with E-state index in [-0.39, 0.29) is 5.78 Å². The standard InChI is InChI=1S/C14H12N4O.C5H6S/c1-9(19)12-8-17-18-13(5-6-16-14(12)18)10-3-2-4-11(15)7-10;1-5-3-2-4-6-5/h2-8H,15H2,1H3;2-4H,1H3. The maximum atomic E-state index is 11.5. The average molecular weight is 350 g/mol. The Hall–Kier alpha value is -2.99. The van der Waals surface area contributed by atoms with Crippen molar-refractivity contribution in [2.75, 3.05) is 5.73 Å². The summed E-state index contributed by atoms with van der Waals surface area (Å²) in [5.41, 5.74) is 9.34. The minimum atomic E-state index is -0.0489. The number of carbonyl (C=O) groups is 1. The van der Waals surface area contributed by atoms with Crippen molar-refractivity contribution in [1.29, 1.82) is 0 Å². The molecule has 0 fully saturated rings. The second kappa shape index (κ2) is 7.27. The van der Waals surface area contributed by atoms with Crippen molar-refractivity contribution in [3.05, 3.63) is 70.7 Å². The Kier molecular flexibility index (Phi) is 4.90. The van der Waals surface area contributed by atoms with Crippen molar-refractivity contribution in [2.45, 2.75) is 13.8 Å². The highest BCUT2D eigenvalue weighted by molar-refractivity contribution is 7.09. The third-order valence-corrected chi connectivity index (χ3v) is 4.43. The minimum Gasteiger partial charge on any atom is -0.399 e. The first-order valence-electron chi connectivity index (χ1n) is 7.76. The van der Waals surface area contributed by atoms with E-state index in [1.54, 1.807) is 28.2 Å². The number of carbonyl (C=O) groups excluding carboxylic acids is 1. The van der Waals surface area contributed by atoms with E-state index >= 15 is 0 Å². The third-order valence-electron chi connectivity index (χ3n) is 3.63. The Bertz CT molecular complexity index is 1010. The number of rotatable bonds is 2. The molecule has 0 aliphatic heterocycles. The Morgan fingerprint density at radius 2 is 2.04 bits per heavy atom. The average Bonchev–Trinajstić information content (AvgIpc) is 3.23. The summed E-state index contributed by atoms with van der Waals surface area (Å²) in [5.74, 6) is -0.0489. The van der Waals surface area contributed by atoms with Crippen LogP contribution in [0.15, 0.2) is 60.2 Å². The van der Waals surface area contributed by atoms with Gasteiger partial charge in [0.15, 0.2) is 11.4 Å². The fourth-order valence-electron chi connectivity index (χ4n) is 2.42. The SMILES string of the molecule is CC(=O)c1cnn2c(-c3cccc(N)c3)ccnc12.Cc1cccs1. The summed E-state index contributed by atoms with van der Waals surface area (Å²) >= 11 is 1.78. The van der Waals surface area contributed by atoms with Gasteiger partial charge in [-0.25, -0.2) is 9.50 Å². The van der Waals surface area contributed by atoms with Gasteiger partial charge in [0.25, 0.3) is 0 Å². The van der Waals surface area contributed by atoms with Crippen molar-refractivity contribution in [1.82, 2.24) is 14.6 Å². The van der Waals surface area contributed by atoms with Crippen molar-refractivity contribution in [2.24, 2.45) is 0 Å². The van der Waals surface area contributed by atoms with Gasteiger partial charge in [0.2, 0.25) is 0 Å². The molecule has 0 saturated heterocycles. The molecule has 1 aromatic carbocycles. The van der Waals surface area contributed by atoms with Crippen molar-refractivity contribution in [3.63, 3.8) is 0 Å². The highest BCUT2D eigenvalue weighted by atomic mass is 32.1. The van der Waals surface area contributed by atoms with Crippen LogP contribution in [-0.2, 0) is 0 Å². The molecule has 0 bridgehead atoms. The van der Waals surface area contributed by atoms with Gasteiger partial charge < -0.3 is 5.73 Å².